The maximum Gasteiger partial charge on any atom is 0.150 e. The molecule has 5 N–H and O–H groups in total. The van der Waals surface area contributed by atoms with Crippen LogP contribution >= 0.6 is 0 Å². The number of aliphatic hydroxyl groups excluding tert-OH is 2. The number of rotatable bonds is 8. The normalized spacial score (nSPS) is 11.6. The molecule has 0 heterocycles. The summed E-state index contributed by atoms with van der Waals surface area (Å²) in [5, 5.41) is 22.4. The van der Waals surface area contributed by atoms with Crippen molar-refractivity contribution >= 4 is 6.29 Å². The second-order valence-electron chi connectivity index (χ2n) is 7.73. The summed E-state index contributed by atoms with van der Waals surface area (Å²) in [6.45, 7) is 1.63. The molecule has 4 aromatic rings. The molecular weight excluding hydrogens is 436 g/mol. The molecule has 0 saturated heterocycles. The van der Waals surface area contributed by atoms with Crippen LogP contribution < -0.4 is 11.1 Å². The van der Waals surface area contributed by atoms with Crippen LogP contribution in [0.5, 0.6) is 0 Å². The van der Waals surface area contributed by atoms with Gasteiger partial charge in [-0.05, 0) is 16.7 Å². The molecule has 0 aliphatic rings. The summed E-state index contributed by atoms with van der Waals surface area (Å²) in [6.07, 6.45) is -0.124. The van der Waals surface area contributed by atoms with E-state index >= 15 is 0 Å². The van der Waals surface area contributed by atoms with Gasteiger partial charge in [-0.3, -0.25) is 4.79 Å². The summed E-state index contributed by atoms with van der Waals surface area (Å²) in [6, 6.07) is 38.4. The van der Waals surface area contributed by atoms with E-state index in [-0.39, 0.29) is 6.54 Å². The molecule has 0 saturated carbocycles. The molecule has 4 aromatic carbocycles. The molecule has 35 heavy (non-hydrogen) atoms. The Hall–Kier alpha value is -3.61. The quantitative estimate of drug-likeness (QED) is 0.280. The first kappa shape index (κ1) is 27.6. The molecule has 2 atom stereocenters. The lowest BCUT2D eigenvalue weighted by Gasteiger charge is -2.12. The van der Waals surface area contributed by atoms with Gasteiger partial charge in [0.25, 0.3) is 0 Å². The minimum absolute atomic E-state index is 0.282. The van der Waals surface area contributed by atoms with E-state index in [1.54, 1.807) is 12.1 Å². The lowest BCUT2D eigenvalue weighted by atomic mass is 10.1. The van der Waals surface area contributed by atoms with Crippen LogP contribution in [0.15, 0.2) is 121 Å². The van der Waals surface area contributed by atoms with Gasteiger partial charge in [0.2, 0.25) is 0 Å². The standard InChI is InChI=1S/C15H17NO.C8H11NO.C7H6O/c17-15(14-9-5-2-6-10-14)12-16-11-13-7-3-1-4-8-13;9-6-8(10)7-4-2-1-3-5-7;8-6-7-4-2-1-3-5-7/h1-10,15-17H,11-12H2;1-5,8,10H,6,9H2;1-6H. The summed E-state index contributed by atoms with van der Waals surface area (Å²) in [5.74, 6) is 0. The van der Waals surface area contributed by atoms with E-state index in [1.807, 2.05) is 97.1 Å². The predicted octanol–water partition coefficient (Wildman–Crippen LogP) is 4.69. The molecule has 0 bridgehead atoms. The number of hydrogen-bond acceptors (Lipinski definition) is 5. The average Bonchev–Trinajstić information content (AvgIpc) is 2.95. The number of aliphatic hydroxyl groups is 2. The maximum atomic E-state index is 10.0. The van der Waals surface area contributed by atoms with Crippen LogP contribution in [0.3, 0.4) is 0 Å². The topological polar surface area (TPSA) is 95.6 Å². The largest absolute Gasteiger partial charge is 0.387 e. The third-order valence-corrected chi connectivity index (χ3v) is 5.04. The van der Waals surface area contributed by atoms with Gasteiger partial charge in [-0.1, -0.05) is 121 Å². The van der Waals surface area contributed by atoms with Crippen molar-refractivity contribution in [1.29, 1.82) is 0 Å². The smallest absolute Gasteiger partial charge is 0.150 e. The molecule has 0 amide bonds. The lowest BCUT2D eigenvalue weighted by Crippen LogP contribution is -2.20. The van der Waals surface area contributed by atoms with Gasteiger partial charge in [0.15, 0.2) is 0 Å². The molecule has 0 aliphatic carbocycles. The van der Waals surface area contributed by atoms with E-state index in [9.17, 15) is 15.0 Å². The van der Waals surface area contributed by atoms with Crippen LogP contribution in [0.2, 0.25) is 0 Å². The zero-order chi connectivity index (χ0) is 25.1. The molecule has 4 rings (SSSR count). The van der Waals surface area contributed by atoms with Crippen LogP contribution in [0.25, 0.3) is 0 Å². The SMILES string of the molecule is NCC(O)c1ccccc1.O=Cc1ccccc1.OC(CNCc1ccccc1)c1ccccc1. The van der Waals surface area contributed by atoms with Crippen molar-refractivity contribution in [3.8, 4) is 0 Å². The number of nitrogens with two attached hydrogens (primary N) is 1. The zero-order valence-corrected chi connectivity index (χ0v) is 19.8. The first-order chi connectivity index (χ1) is 17.1. The van der Waals surface area contributed by atoms with Crippen molar-refractivity contribution in [2.45, 2.75) is 18.8 Å². The monoisotopic (exact) mass is 470 g/mol. The number of carbonyl (C=O) groups is 1. The van der Waals surface area contributed by atoms with Gasteiger partial charge < -0.3 is 21.3 Å². The maximum absolute atomic E-state index is 10.0. The van der Waals surface area contributed by atoms with Gasteiger partial charge in [0, 0.05) is 25.2 Å². The van der Waals surface area contributed by atoms with Crippen LogP contribution in [0.1, 0.15) is 39.3 Å². The lowest BCUT2D eigenvalue weighted by molar-refractivity contribution is 0.112. The van der Waals surface area contributed by atoms with Gasteiger partial charge in [-0.15, -0.1) is 0 Å². The van der Waals surface area contributed by atoms with Crippen molar-refractivity contribution < 1.29 is 15.0 Å². The van der Waals surface area contributed by atoms with E-state index in [0.717, 1.165) is 29.5 Å². The third kappa shape index (κ3) is 11.4. The number of carbonyl (C=O) groups excluding carboxylic acids is 1. The predicted molar refractivity (Wildman–Crippen MR) is 142 cm³/mol. The molecule has 5 heteroatoms. The first-order valence-electron chi connectivity index (χ1n) is 11.5. The van der Waals surface area contributed by atoms with Crippen molar-refractivity contribution in [3.63, 3.8) is 0 Å². The molecule has 5 nitrogen and oxygen atoms in total. The van der Waals surface area contributed by atoms with Gasteiger partial charge in [-0.25, -0.2) is 0 Å². The number of hydrogen-bond donors (Lipinski definition) is 4. The van der Waals surface area contributed by atoms with E-state index in [4.69, 9.17) is 5.73 Å². The van der Waals surface area contributed by atoms with Gasteiger partial charge in [0.05, 0.1) is 12.2 Å². The molecule has 0 fully saturated rings. The van der Waals surface area contributed by atoms with Crippen molar-refractivity contribution in [2.75, 3.05) is 13.1 Å². The molecule has 0 spiro atoms. The Labute approximate surface area is 207 Å². The third-order valence-electron chi connectivity index (χ3n) is 5.04. The molecule has 0 aromatic heterocycles. The summed E-state index contributed by atoms with van der Waals surface area (Å²) in [4.78, 5) is 10.0. The molecule has 0 aliphatic heterocycles. The number of aldehydes is 1. The fraction of sp³-hybridized carbons (Fsp3) is 0.167. The highest BCUT2D eigenvalue weighted by Crippen LogP contribution is 2.11. The van der Waals surface area contributed by atoms with Crippen molar-refractivity contribution in [3.05, 3.63) is 144 Å². The Kier molecular flexibility index (Phi) is 13.4. The highest BCUT2D eigenvalue weighted by atomic mass is 16.3. The van der Waals surface area contributed by atoms with Crippen LogP contribution in [-0.2, 0) is 6.54 Å². The number of nitrogens with one attached hydrogen (secondary N) is 1. The Morgan fingerprint density at radius 1 is 0.657 bits per heavy atom. The Morgan fingerprint density at radius 3 is 1.51 bits per heavy atom. The highest BCUT2D eigenvalue weighted by molar-refractivity contribution is 5.74. The van der Waals surface area contributed by atoms with Gasteiger partial charge in [-0.2, -0.15) is 0 Å². The number of benzene rings is 4. The fourth-order valence-corrected chi connectivity index (χ4v) is 3.09. The van der Waals surface area contributed by atoms with Crippen LogP contribution in [0.4, 0.5) is 0 Å². The Morgan fingerprint density at radius 2 is 1.09 bits per heavy atom. The van der Waals surface area contributed by atoms with Crippen LogP contribution in [-0.4, -0.2) is 29.6 Å². The summed E-state index contributed by atoms with van der Waals surface area (Å²) in [7, 11) is 0. The summed E-state index contributed by atoms with van der Waals surface area (Å²) in [5.41, 5.74) is 9.04. The van der Waals surface area contributed by atoms with Gasteiger partial charge in [0.1, 0.15) is 6.29 Å². The second kappa shape index (κ2) is 16.9. The summed E-state index contributed by atoms with van der Waals surface area (Å²) >= 11 is 0. The fourth-order valence-electron chi connectivity index (χ4n) is 3.09. The molecule has 182 valence electrons. The minimum Gasteiger partial charge on any atom is -0.387 e. The van der Waals surface area contributed by atoms with Crippen molar-refractivity contribution in [1.82, 2.24) is 5.32 Å². The minimum atomic E-state index is -0.513. The molecule has 0 radical (unpaired) electrons. The zero-order valence-electron chi connectivity index (χ0n) is 19.8. The van der Waals surface area contributed by atoms with E-state index in [0.29, 0.717) is 6.54 Å². The Bertz CT molecular complexity index is 1050. The first-order valence-corrected chi connectivity index (χ1v) is 11.5. The molecular formula is C30H34N2O3. The van der Waals surface area contributed by atoms with E-state index in [2.05, 4.69) is 17.4 Å². The molecule has 2 unspecified atom stereocenters. The average molecular weight is 471 g/mol. The summed E-state index contributed by atoms with van der Waals surface area (Å²) < 4.78 is 0. The van der Waals surface area contributed by atoms with Crippen molar-refractivity contribution in [2.24, 2.45) is 5.73 Å². The Balaban J connectivity index is 0.000000204. The van der Waals surface area contributed by atoms with Crippen LogP contribution in [0, 0.1) is 0 Å². The van der Waals surface area contributed by atoms with Gasteiger partial charge >= 0.3 is 0 Å². The highest BCUT2D eigenvalue weighted by Gasteiger charge is 2.05. The second-order valence-corrected chi connectivity index (χ2v) is 7.73. The van der Waals surface area contributed by atoms with E-state index < -0.39 is 12.2 Å². The van der Waals surface area contributed by atoms with E-state index in [1.165, 1.54) is 5.56 Å².